The van der Waals surface area contributed by atoms with Crippen LogP contribution >= 0.6 is 15.9 Å². The molecule has 0 unspecified atom stereocenters. The monoisotopic (exact) mass is 464 g/mol. The van der Waals surface area contributed by atoms with E-state index < -0.39 is 21.5 Å². The van der Waals surface area contributed by atoms with E-state index in [-0.39, 0.29) is 10.8 Å². The largest absolute Gasteiger partial charge is 0.325 e. The second kappa shape index (κ2) is 7.67. The lowest BCUT2D eigenvalue weighted by atomic mass is 10.1. The summed E-state index contributed by atoms with van der Waals surface area (Å²) in [5.74, 6) is -1.44. The highest BCUT2D eigenvalue weighted by Crippen LogP contribution is 2.35. The Bertz CT molecular complexity index is 1080. The number of nitrogens with zero attached hydrogens (tertiary/aromatic N) is 1. The maximum atomic E-state index is 12.9. The van der Waals surface area contributed by atoms with Gasteiger partial charge in [-0.05, 0) is 77.2 Å². The van der Waals surface area contributed by atoms with Crippen LogP contribution < -0.4 is 10.2 Å². The number of hydrogen-bond acceptors (Lipinski definition) is 4. The molecule has 1 N–H and O–H groups in total. The van der Waals surface area contributed by atoms with Crippen LogP contribution in [0.5, 0.6) is 0 Å². The highest BCUT2D eigenvalue weighted by Gasteiger charge is 2.28. The number of hydrogen-bond donors (Lipinski definition) is 1. The molecule has 0 atom stereocenters. The minimum atomic E-state index is -3.90. The number of fused-ring (bicyclic) bond motifs is 1. The highest BCUT2D eigenvalue weighted by molar-refractivity contribution is 9.10. The van der Waals surface area contributed by atoms with Gasteiger partial charge in [0.05, 0.1) is 4.90 Å². The number of sulfone groups is 1. The summed E-state index contributed by atoms with van der Waals surface area (Å²) in [4.78, 5) is 25.7. The van der Waals surface area contributed by atoms with E-state index in [1.165, 1.54) is 13.0 Å². The minimum Gasteiger partial charge on any atom is -0.325 e. The summed E-state index contributed by atoms with van der Waals surface area (Å²) >= 11 is 3.30. The van der Waals surface area contributed by atoms with Gasteiger partial charge in [-0.15, -0.1) is 0 Å². The van der Waals surface area contributed by atoms with Crippen molar-refractivity contribution in [2.45, 2.75) is 32.1 Å². The average molecular weight is 465 g/mol. The van der Waals surface area contributed by atoms with E-state index >= 15 is 0 Å². The van der Waals surface area contributed by atoms with Crippen molar-refractivity contribution in [3.05, 3.63) is 51.5 Å². The number of nitrogens with one attached hydrogen (secondary N) is 1. The predicted octanol–water partition coefficient (Wildman–Crippen LogP) is 3.39. The van der Waals surface area contributed by atoms with E-state index in [4.69, 9.17) is 0 Å². The van der Waals surface area contributed by atoms with E-state index in [2.05, 4.69) is 21.2 Å². The first-order valence-electron chi connectivity index (χ1n) is 8.79. The number of halogens is 1. The van der Waals surface area contributed by atoms with Gasteiger partial charge >= 0.3 is 0 Å². The molecule has 0 aliphatic carbocycles. The van der Waals surface area contributed by atoms with Gasteiger partial charge in [-0.1, -0.05) is 6.07 Å². The van der Waals surface area contributed by atoms with Crippen molar-refractivity contribution in [3.8, 4) is 0 Å². The third-order valence-electron chi connectivity index (χ3n) is 4.86. The van der Waals surface area contributed by atoms with E-state index in [1.54, 1.807) is 23.1 Å². The molecule has 8 heteroatoms. The predicted molar refractivity (Wildman–Crippen MR) is 112 cm³/mol. The van der Waals surface area contributed by atoms with Gasteiger partial charge in [0, 0.05) is 29.3 Å². The molecule has 1 aliphatic heterocycles. The van der Waals surface area contributed by atoms with Crippen molar-refractivity contribution in [2.24, 2.45) is 0 Å². The molecule has 148 valence electrons. The zero-order chi connectivity index (χ0) is 20.6. The number of amides is 2. The first-order valence-corrected chi connectivity index (χ1v) is 11.2. The van der Waals surface area contributed by atoms with Crippen LogP contribution in [0.15, 0.2) is 39.7 Å². The van der Waals surface area contributed by atoms with Crippen molar-refractivity contribution in [3.63, 3.8) is 0 Å². The zero-order valence-corrected chi connectivity index (χ0v) is 18.3. The first-order chi connectivity index (χ1) is 13.1. The molecular formula is C20H21BrN2O4S. The average Bonchev–Trinajstić information content (AvgIpc) is 2.99. The van der Waals surface area contributed by atoms with Crippen LogP contribution in [-0.4, -0.2) is 32.5 Å². The van der Waals surface area contributed by atoms with Crippen LogP contribution in [0.3, 0.4) is 0 Å². The fourth-order valence-electron chi connectivity index (χ4n) is 3.22. The van der Waals surface area contributed by atoms with Crippen molar-refractivity contribution in [1.82, 2.24) is 0 Å². The van der Waals surface area contributed by atoms with Gasteiger partial charge in [-0.3, -0.25) is 9.59 Å². The lowest BCUT2D eigenvalue weighted by Gasteiger charge is -2.16. The molecule has 6 nitrogen and oxygen atoms in total. The van der Waals surface area contributed by atoms with Gasteiger partial charge in [0.15, 0.2) is 9.84 Å². The van der Waals surface area contributed by atoms with Crippen molar-refractivity contribution < 1.29 is 18.0 Å². The molecule has 1 heterocycles. The highest BCUT2D eigenvalue weighted by atomic mass is 79.9. The normalized spacial score (nSPS) is 13.4. The summed E-state index contributed by atoms with van der Waals surface area (Å²) in [7, 11) is -3.90. The molecule has 2 amide bonds. The molecule has 0 radical (unpaired) electrons. The molecule has 0 aromatic heterocycles. The Balaban J connectivity index is 1.84. The van der Waals surface area contributed by atoms with Gasteiger partial charge in [0.25, 0.3) is 0 Å². The number of aryl methyl sites for hydroxylation is 2. The Morgan fingerprint density at radius 2 is 1.86 bits per heavy atom. The summed E-state index contributed by atoms with van der Waals surface area (Å²) in [6.45, 7) is 5.85. The minimum absolute atomic E-state index is 0.00892. The molecule has 2 aromatic carbocycles. The standard InChI is InChI=1S/C20H21BrN2O4S/c1-12-4-5-16(8-13(12)2)22-20(25)11-28(26,27)19-10-18-15(9-17(19)21)6-7-23(18)14(3)24/h4-5,8-10H,6-7,11H2,1-3H3,(H,22,25). The summed E-state index contributed by atoms with van der Waals surface area (Å²) in [6.07, 6.45) is 0.668. The van der Waals surface area contributed by atoms with Crippen LogP contribution in [0.25, 0.3) is 0 Å². The Hall–Kier alpha value is -2.19. The Labute approximate surface area is 173 Å². The quantitative estimate of drug-likeness (QED) is 0.751. The second-order valence-electron chi connectivity index (χ2n) is 6.94. The van der Waals surface area contributed by atoms with Gasteiger partial charge < -0.3 is 10.2 Å². The number of carbonyl (C=O) groups is 2. The molecule has 0 fully saturated rings. The fraction of sp³-hybridized carbons (Fsp3) is 0.300. The molecule has 28 heavy (non-hydrogen) atoms. The molecule has 2 aromatic rings. The zero-order valence-electron chi connectivity index (χ0n) is 15.9. The van der Waals surface area contributed by atoms with E-state index in [0.29, 0.717) is 28.8 Å². The van der Waals surface area contributed by atoms with E-state index in [9.17, 15) is 18.0 Å². The maximum Gasteiger partial charge on any atom is 0.239 e. The van der Waals surface area contributed by atoms with Crippen LogP contribution in [0.1, 0.15) is 23.6 Å². The smallest absolute Gasteiger partial charge is 0.239 e. The summed E-state index contributed by atoms with van der Waals surface area (Å²) in [5.41, 5.74) is 4.14. The Kier molecular flexibility index (Phi) is 5.63. The SMILES string of the molecule is CC(=O)N1CCc2cc(Br)c(S(=O)(=O)CC(=O)Nc3ccc(C)c(C)c3)cc21. The van der Waals surface area contributed by atoms with Gasteiger partial charge in [-0.25, -0.2) is 8.42 Å². The second-order valence-corrected chi connectivity index (χ2v) is 9.75. The van der Waals surface area contributed by atoms with E-state index in [0.717, 1.165) is 16.7 Å². The molecule has 0 saturated heterocycles. The van der Waals surface area contributed by atoms with Gasteiger partial charge in [0.2, 0.25) is 11.8 Å². The van der Waals surface area contributed by atoms with Crippen molar-refractivity contribution in [1.29, 1.82) is 0 Å². The molecular weight excluding hydrogens is 444 g/mol. The third kappa shape index (κ3) is 4.12. The molecule has 0 saturated carbocycles. The van der Waals surface area contributed by atoms with Crippen molar-refractivity contribution >= 4 is 49.0 Å². The maximum absolute atomic E-state index is 12.9. The fourth-order valence-corrected chi connectivity index (χ4v) is 5.57. The molecule has 1 aliphatic rings. The van der Waals surface area contributed by atoms with Crippen LogP contribution in [0.4, 0.5) is 11.4 Å². The van der Waals surface area contributed by atoms with Crippen molar-refractivity contribution in [2.75, 3.05) is 22.5 Å². The number of anilines is 2. The van der Waals surface area contributed by atoms with Gasteiger partial charge in [0.1, 0.15) is 5.75 Å². The van der Waals surface area contributed by atoms with Gasteiger partial charge in [-0.2, -0.15) is 0 Å². The molecule has 0 bridgehead atoms. The number of rotatable bonds is 4. The summed E-state index contributed by atoms with van der Waals surface area (Å²) < 4.78 is 26.1. The van der Waals surface area contributed by atoms with Crippen LogP contribution in [-0.2, 0) is 25.8 Å². The summed E-state index contributed by atoms with van der Waals surface area (Å²) in [6, 6.07) is 8.60. The Morgan fingerprint density at radius 1 is 1.14 bits per heavy atom. The Morgan fingerprint density at radius 3 is 2.50 bits per heavy atom. The van der Waals surface area contributed by atoms with Crippen LogP contribution in [0.2, 0.25) is 0 Å². The lowest BCUT2D eigenvalue weighted by Crippen LogP contribution is -2.26. The molecule has 0 spiro atoms. The van der Waals surface area contributed by atoms with E-state index in [1.807, 2.05) is 19.9 Å². The third-order valence-corrected chi connectivity index (χ3v) is 7.42. The first kappa shape index (κ1) is 20.5. The lowest BCUT2D eigenvalue weighted by molar-refractivity contribution is -0.116. The number of carbonyl (C=O) groups excluding carboxylic acids is 2. The topological polar surface area (TPSA) is 83.6 Å². The molecule has 3 rings (SSSR count). The van der Waals surface area contributed by atoms with Crippen LogP contribution in [0, 0.1) is 13.8 Å². The summed E-state index contributed by atoms with van der Waals surface area (Å²) in [5, 5.41) is 2.64. The number of benzene rings is 2.